The molecule has 0 atom stereocenters. The van der Waals surface area contributed by atoms with Crippen LogP contribution in [0.4, 0.5) is 0 Å². The summed E-state index contributed by atoms with van der Waals surface area (Å²) in [6, 6.07) is 42.5. The van der Waals surface area contributed by atoms with Crippen molar-refractivity contribution in [1.29, 1.82) is 0 Å². The quantitative estimate of drug-likeness (QED) is 0.0539. The Kier molecular flexibility index (Phi) is 22.1. The number of esters is 3. The maximum absolute atomic E-state index is 12.1. The smallest absolute Gasteiger partial charge is 0.465 e. The molecule has 3 aliphatic rings. The highest BCUT2D eigenvalue weighted by Crippen LogP contribution is 2.43. The number of ether oxygens (including phenoxy) is 3. The molecule has 0 unspecified atom stereocenters. The Morgan fingerprint density at radius 1 is 0.442 bits per heavy atom. The average Bonchev–Trinajstić information content (AvgIpc) is 1.64. The van der Waals surface area contributed by atoms with Crippen LogP contribution in [0.2, 0.25) is 0 Å². The van der Waals surface area contributed by atoms with E-state index in [1.807, 2.05) is 208 Å². The molecule has 3 aliphatic heterocycles. The first kappa shape index (κ1) is 71.2. The van der Waals surface area contributed by atoms with Crippen LogP contribution < -0.4 is 5.46 Å². The Labute approximate surface area is 569 Å². The number of carbonyl (C=O) groups excluding carboxylic acids is 3. The molecule has 5 aromatic heterocycles. The van der Waals surface area contributed by atoms with Crippen LogP contribution in [0.1, 0.15) is 131 Å². The van der Waals surface area contributed by atoms with E-state index in [2.05, 4.69) is 59.3 Å². The molecule has 492 valence electrons. The Hall–Kier alpha value is -8.12. The predicted octanol–water partition coefficient (Wildman–Crippen LogP) is 13.8. The number of alkyl halides is 1. The van der Waals surface area contributed by atoms with E-state index in [1.54, 1.807) is 43.1 Å². The van der Waals surface area contributed by atoms with Gasteiger partial charge in [0.15, 0.2) is 0 Å². The molecule has 0 amide bonds. The molecule has 24 heteroatoms. The van der Waals surface area contributed by atoms with E-state index in [0.717, 1.165) is 54.2 Å². The first-order valence-corrected chi connectivity index (χ1v) is 32.2. The van der Waals surface area contributed by atoms with Gasteiger partial charge in [0.25, 0.3) is 0 Å². The number of hydrogen-bond donors (Lipinski definition) is 0. The van der Waals surface area contributed by atoms with Gasteiger partial charge in [-0.2, -0.15) is 10.2 Å². The predicted molar refractivity (Wildman–Crippen MR) is 374 cm³/mol. The van der Waals surface area contributed by atoms with Crippen LogP contribution in [-0.4, -0.2) is 128 Å². The van der Waals surface area contributed by atoms with Gasteiger partial charge in [-0.15, -0.1) is 11.6 Å². The first-order chi connectivity index (χ1) is 45.0. The van der Waals surface area contributed by atoms with E-state index >= 15 is 0 Å². The third-order valence-corrected chi connectivity index (χ3v) is 18.4. The average molecular weight is 1370 g/mol. The van der Waals surface area contributed by atoms with Crippen molar-refractivity contribution >= 4 is 105 Å². The van der Waals surface area contributed by atoms with Crippen molar-refractivity contribution < 1.29 is 56.5 Å². The van der Waals surface area contributed by atoms with Crippen LogP contribution in [0, 0.1) is 0 Å². The Balaban J connectivity index is 0.000000143. The van der Waals surface area contributed by atoms with E-state index in [-0.39, 0.29) is 34.3 Å². The van der Waals surface area contributed by atoms with Crippen LogP contribution in [0.25, 0.3) is 44.1 Å². The molecular weight excluding hydrogens is 1290 g/mol. The first-order valence-electron chi connectivity index (χ1n) is 30.9. The molecule has 0 saturated carbocycles. The van der Waals surface area contributed by atoms with E-state index < -0.39 is 38.3 Å². The largest absolute Gasteiger partial charge is 0.494 e. The van der Waals surface area contributed by atoms with E-state index in [1.165, 1.54) is 21.3 Å². The number of methoxy groups -OCH3 is 3. The van der Waals surface area contributed by atoms with Gasteiger partial charge in [-0.1, -0.05) is 64.5 Å². The number of aromatic nitrogens is 7. The van der Waals surface area contributed by atoms with Crippen LogP contribution in [0.3, 0.4) is 0 Å². The van der Waals surface area contributed by atoms with Crippen LogP contribution in [0.15, 0.2) is 181 Å². The van der Waals surface area contributed by atoms with Gasteiger partial charge in [-0.25, -0.2) is 23.7 Å². The lowest BCUT2D eigenvalue weighted by molar-refractivity contribution is 0.00578. The molecule has 0 N–H and O–H groups in total. The molecule has 3 saturated heterocycles. The summed E-state index contributed by atoms with van der Waals surface area (Å²) in [4.78, 5) is 48.5. The molecule has 10 aromatic rings. The minimum Gasteiger partial charge on any atom is -0.465 e. The van der Waals surface area contributed by atoms with Crippen molar-refractivity contribution in [2.24, 2.45) is 0 Å². The fraction of sp³-hybridized carbons (Fsp3) is 0.324. The zero-order valence-electron chi connectivity index (χ0n) is 56.2. The second kappa shape index (κ2) is 29.5. The summed E-state index contributed by atoms with van der Waals surface area (Å²) < 4.78 is 55.0. The van der Waals surface area contributed by atoms with Gasteiger partial charge < -0.3 is 42.1 Å². The number of nitrogens with zero attached hydrogens (tertiary/aromatic N) is 7. The third kappa shape index (κ3) is 16.4. The molecule has 0 spiro atoms. The summed E-state index contributed by atoms with van der Waals surface area (Å²) in [7, 11) is 2.62. The Bertz CT molecular complexity index is 4230. The zero-order chi connectivity index (χ0) is 68.7. The summed E-state index contributed by atoms with van der Waals surface area (Å²) >= 11 is 9.03. The van der Waals surface area contributed by atoms with Crippen molar-refractivity contribution in [3.8, 4) is 11.4 Å². The normalized spacial score (nSPS) is 16.7. The molecular formula is C71H78B3BrClN7O12. The highest BCUT2D eigenvalue weighted by molar-refractivity contribution is 9.10. The number of benzene rings is 5. The van der Waals surface area contributed by atoms with Crippen molar-refractivity contribution in [1.82, 2.24) is 34.5 Å². The van der Waals surface area contributed by atoms with Crippen molar-refractivity contribution in [3.05, 3.63) is 215 Å². The lowest BCUT2D eigenvalue weighted by Crippen LogP contribution is -2.41. The molecule has 0 bridgehead atoms. The second-order valence-electron chi connectivity index (χ2n) is 25.7. The number of halogens is 2. The molecule has 8 heterocycles. The molecule has 0 aliphatic carbocycles. The summed E-state index contributed by atoms with van der Waals surface area (Å²) in [5.41, 5.74) is 7.16. The number of pyridine rings is 3. The maximum Gasteiger partial charge on any atom is 0.494 e. The zero-order valence-corrected chi connectivity index (χ0v) is 58.5. The number of fused-ring (bicyclic) bond motifs is 3. The summed E-state index contributed by atoms with van der Waals surface area (Å²) in [6.07, 6.45) is 13.0. The molecule has 3 fully saturated rings. The summed E-state index contributed by atoms with van der Waals surface area (Å²) in [5.74, 6) is -0.615. The van der Waals surface area contributed by atoms with E-state index in [9.17, 15) is 14.4 Å². The van der Waals surface area contributed by atoms with Crippen molar-refractivity contribution in [2.45, 2.75) is 129 Å². The van der Waals surface area contributed by atoms with Gasteiger partial charge in [0.05, 0.1) is 99.6 Å². The minimum atomic E-state index is -0.534. The monoisotopic (exact) mass is 1370 g/mol. The van der Waals surface area contributed by atoms with E-state index in [4.69, 9.17) is 53.7 Å². The maximum atomic E-state index is 12.1. The second-order valence-corrected chi connectivity index (χ2v) is 26.9. The molecule has 19 nitrogen and oxygen atoms in total. The van der Waals surface area contributed by atoms with Crippen LogP contribution in [0.5, 0.6) is 0 Å². The van der Waals surface area contributed by atoms with Gasteiger partial charge in [0.2, 0.25) is 0 Å². The topological polar surface area (TPSA) is 209 Å². The SMILES string of the molecule is CC1(C)OB(B2OC(C)(C)C(C)(C)O2)OC1(C)C.COC(=O)c1cc(B2OC(C)(C)C(C)(C)O2)cc2cccnc12.COC(=O)c1cc(Br)cc2cccnc12.COC(=O)c1cc(Cc2ccc(-n3cccn3)cc2)cc2cccnc12.ClCc1ccc(-n2cccn2)cc1. The fourth-order valence-electron chi connectivity index (χ4n) is 10.2. The number of rotatable bonds is 10. The molecule has 13 rings (SSSR count). The summed E-state index contributed by atoms with van der Waals surface area (Å²) in [5, 5.41) is 11.0. The summed E-state index contributed by atoms with van der Waals surface area (Å²) in [6.45, 7) is 24.2. The van der Waals surface area contributed by atoms with Gasteiger partial charge in [0, 0.05) is 69.9 Å². The Morgan fingerprint density at radius 3 is 1.20 bits per heavy atom. The van der Waals surface area contributed by atoms with E-state index in [0.29, 0.717) is 45.5 Å². The van der Waals surface area contributed by atoms with Crippen molar-refractivity contribution in [3.63, 3.8) is 0 Å². The fourth-order valence-corrected chi connectivity index (χ4v) is 10.9. The van der Waals surface area contributed by atoms with Crippen LogP contribution >= 0.6 is 27.5 Å². The van der Waals surface area contributed by atoms with Gasteiger partial charge in [-0.05, 0) is 197 Å². The molecule has 5 aromatic carbocycles. The lowest BCUT2D eigenvalue weighted by Gasteiger charge is -2.32. The minimum absolute atomic E-state index is 0.360. The highest BCUT2D eigenvalue weighted by atomic mass is 79.9. The van der Waals surface area contributed by atoms with Gasteiger partial charge in [0.1, 0.15) is 0 Å². The highest BCUT2D eigenvalue weighted by Gasteiger charge is 2.64. The number of carbonyl (C=O) groups is 3. The lowest BCUT2D eigenvalue weighted by atomic mass is 9.49. The molecule has 95 heavy (non-hydrogen) atoms. The standard InChI is InChI=1S/C21H17N3O2.C17H20BNO4.C12H24B2O4.C11H8BrNO2.C10H9ClN2/c1-26-21(25)19-14-16(13-17-4-2-9-22-20(17)19)12-15-5-7-18(8-6-15)24-11-3-10-23-24;1-16(2)17(3,4)23-18(22-16)12-9-11-7-6-8-19-14(11)13(10-12)15(20)21-5;1-9(2)10(3,4)16-13(15-9)14-17-11(5,6)12(7,8)18-14;1-15-11(14)9-6-8(12)5-7-3-2-4-13-10(7)9;11-8-9-2-4-10(5-3-9)13-7-1-6-12-13/h2-11,13-14H,12H2,1H3;6-10H,1-5H3;1-8H3;2-6H,1H3;1-7H,8H2. The molecule has 0 radical (unpaired) electrons. The van der Waals surface area contributed by atoms with Gasteiger partial charge >= 0.3 is 39.0 Å². The third-order valence-electron chi connectivity index (χ3n) is 17.6. The Morgan fingerprint density at radius 2 is 0.811 bits per heavy atom. The van der Waals surface area contributed by atoms with Crippen LogP contribution in [-0.2, 0) is 54.4 Å². The number of hydrogen-bond acceptors (Lipinski definition) is 17. The van der Waals surface area contributed by atoms with Gasteiger partial charge in [-0.3, -0.25) is 15.0 Å². The van der Waals surface area contributed by atoms with Crippen molar-refractivity contribution in [2.75, 3.05) is 21.3 Å².